The van der Waals surface area contributed by atoms with Crippen LogP contribution in [-0.4, -0.2) is 42.0 Å². The van der Waals surface area contributed by atoms with Crippen molar-refractivity contribution < 1.29 is 35.9 Å². The van der Waals surface area contributed by atoms with Gasteiger partial charge in [-0.25, -0.2) is 4.79 Å². The number of alkyl halides is 6. The van der Waals surface area contributed by atoms with E-state index >= 15 is 0 Å². The summed E-state index contributed by atoms with van der Waals surface area (Å²) in [5, 5.41) is 4.61. The molecular formula is C21H26F6N4O2. The summed E-state index contributed by atoms with van der Waals surface area (Å²) in [6, 6.07) is -0.563. The standard InChI is InChI=1S/C21H26F6N4O2/c22-20(23,24)12-9-13(21(25,26)27)11-15(10-12)30-19(33)29-14-5-7-31(8-6-14)18(32)16-3-1-2-4-17(16)28/h9-11,14,16-17H,1-8,28H2,(H2,29,30,33)/t16-,17+/m0/s1. The summed E-state index contributed by atoms with van der Waals surface area (Å²) < 4.78 is 77.8. The molecule has 2 aliphatic rings. The van der Waals surface area contributed by atoms with Gasteiger partial charge in [-0.2, -0.15) is 26.3 Å². The summed E-state index contributed by atoms with van der Waals surface area (Å²) in [6.45, 7) is 0.767. The van der Waals surface area contributed by atoms with Gasteiger partial charge in [0, 0.05) is 30.9 Å². The fourth-order valence-electron chi connectivity index (χ4n) is 4.32. The Hall–Kier alpha value is -2.50. The summed E-state index contributed by atoms with van der Waals surface area (Å²) in [4.78, 5) is 26.7. The topological polar surface area (TPSA) is 87.5 Å². The second-order valence-electron chi connectivity index (χ2n) is 8.55. The van der Waals surface area contributed by atoms with Crippen LogP contribution in [0, 0.1) is 5.92 Å². The first-order valence-corrected chi connectivity index (χ1v) is 10.8. The molecule has 1 aliphatic heterocycles. The third-order valence-electron chi connectivity index (χ3n) is 6.12. The summed E-state index contributed by atoms with van der Waals surface area (Å²) in [5.74, 6) is -0.218. The number of hydrogen-bond acceptors (Lipinski definition) is 3. The zero-order chi connectivity index (χ0) is 24.4. The first-order valence-electron chi connectivity index (χ1n) is 10.8. The van der Waals surface area contributed by atoms with Gasteiger partial charge in [0.1, 0.15) is 0 Å². The number of halogens is 6. The summed E-state index contributed by atoms with van der Waals surface area (Å²) in [6.07, 6.45) is -5.67. The van der Waals surface area contributed by atoms with E-state index in [1.165, 1.54) is 0 Å². The molecule has 1 aromatic rings. The van der Waals surface area contributed by atoms with Crippen LogP contribution in [0.3, 0.4) is 0 Å². The van der Waals surface area contributed by atoms with Gasteiger partial charge >= 0.3 is 18.4 Å². The molecule has 3 amide bonds. The highest BCUT2D eigenvalue weighted by molar-refractivity contribution is 5.89. The minimum atomic E-state index is -5.01. The van der Waals surface area contributed by atoms with Gasteiger partial charge in [-0.05, 0) is 43.9 Å². The van der Waals surface area contributed by atoms with E-state index in [4.69, 9.17) is 5.73 Å². The van der Waals surface area contributed by atoms with Gasteiger partial charge in [0.2, 0.25) is 5.91 Å². The molecule has 33 heavy (non-hydrogen) atoms. The van der Waals surface area contributed by atoms with Crippen LogP contribution >= 0.6 is 0 Å². The summed E-state index contributed by atoms with van der Waals surface area (Å²) >= 11 is 0. The number of nitrogens with one attached hydrogen (secondary N) is 2. The predicted octanol–water partition coefficient (Wildman–Crippen LogP) is 4.35. The molecule has 0 aromatic heterocycles. The van der Waals surface area contributed by atoms with E-state index in [0.717, 1.165) is 25.7 Å². The minimum Gasteiger partial charge on any atom is -0.342 e. The lowest BCUT2D eigenvalue weighted by molar-refractivity contribution is -0.143. The van der Waals surface area contributed by atoms with Crippen molar-refractivity contribution in [3.05, 3.63) is 29.3 Å². The molecule has 0 spiro atoms. The Morgan fingerprint density at radius 2 is 1.42 bits per heavy atom. The van der Waals surface area contributed by atoms with Crippen molar-refractivity contribution in [2.75, 3.05) is 18.4 Å². The molecule has 1 saturated carbocycles. The van der Waals surface area contributed by atoms with E-state index in [2.05, 4.69) is 10.6 Å². The van der Waals surface area contributed by atoms with E-state index in [-0.39, 0.29) is 30.0 Å². The lowest BCUT2D eigenvalue weighted by Crippen LogP contribution is -2.51. The van der Waals surface area contributed by atoms with Crippen molar-refractivity contribution in [1.82, 2.24) is 10.2 Å². The monoisotopic (exact) mass is 480 g/mol. The molecule has 1 heterocycles. The Morgan fingerprint density at radius 1 is 0.879 bits per heavy atom. The number of nitrogens with zero attached hydrogens (tertiary/aromatic N) is 1. The fraction of sp³-hybridized carbons (Fsp3) is 0.619. The van der Waals surface area contributed by atoms with Gasteiger partial charge in [0.25, 0.3) is 0 Å². The van der Waals surface area contributed by atoms with E-state index in [1.54, 1.807) is 4.90 Å². The number of nitrogens with two attached hydrogens (primary N) is 1. The SMILES string of the molecule is N[C@@H]1CCCC[C@@H]1C(=O)N1CCC(NC(=O)Nc2cc(C(F)(F)F)cc(C(F)(F)F)c2)CC1. The number of benzene rings is 1. The number of carbonyl (C=O) groups excluding carboxylic acids is 2. The van der Waals surface area contributed by atoms with Crippen molar-refractivity contribution in [2.45, 2.75) is 63.0 Å². The number of likely N-dealkylation sites (tertiary alicyclic amines) is 1. The number of carbonyl (C=O) groups is 2. The van der Waals surface area contributed by atoms with Gasteiger partial charge in [0.05, 0.1) is 17.0 Å². The fourth-order valence-corrected chi connectivity index (χ4v) is 4.32. The highest BCUT2D eigenvalue weighted by atomic mass is 19.4. The molecule has 4 N–H and O–H groups in total. The first kappa shape index (κ1) is 25.1. The van der Waals surface area contributed by atoms with Crippen molar-refractivity contribution >= 4 is 17.6 Å². The van der Waals surface area contributed by atoms with Crippen LogP contribution in [0.5, 0.6) is 0 Å². The minimum absolute atomic E-state index is 0.00579. The summed E-state index contributed by atoms with van der Waals surface area (Å²) in [5.41, 5.74) is 2.43. The molecule has 1 aliphatic carbocycles. The molecule has 0 radical (unpaired) electrons. The quantitative estimate of drug-likeness (QED) is 0.562. The highest BCUT2D eigenvalue weighted by Crippen LogP contribution is 2.37. The van der Waals surface area contributed by atoms with E-state index in [0.29, 0.717) is 38.1 Å². The Labute approximate surface area is 186 Å². The number of urea groups is 1. The average Bonchev–Trinajstić information content (AvgIpc) is 2.72. The number of amides is 3. The number of anilines is 1. The molecular weight excluding hydrogens is 454 g/mol. The zero-order valence-corrected chi connectivity index (χ0v) is 17.7. The lowest BCUT2D eigenvalue weighted by Gasteiger charge is -2.37. The number of rotatable bonds is 3. The molecule has 2 atom stereocenters. The van der Waals surface area contributed by atoms with Crippen LogP contribution in [-0.2, 0) is 17.1 Å². The van der Waals surface area contributed by atoms with Crippen LogP contribution in [0.1, 0.15) is 49.7 Å². The van der Waals surface area contributed by atoms with Crippen LogP contribution in [0.4, 0.5) is 36.8 Å². The number of piperidine rings is 1. The molecule has 1 saturated heterocycles. The van der Waals surface area contributed by atoms with Gasteiger partial charge in [0.15, 0.2) is 0 Å². The largest absolute Gasteiger partial charge is 0.416 e. The van der Waals surface area contributed by atoms with Gasteiger partial charge in [-0.1, -0.05) is 12.8 Å². The smallest absolute Gasteiger partial charge is 0.342 e. The Kier molecular flexibility index (Phi) is 7.45. The summed E-state index contributed by atoms with van der Waals surface area (Å²) in [7, 11) is 0. The third-order valence-corrected chi connectivity index (χ3v) is 6.12. The van der Waals surface area contributed by atoms with Crippen molar-refractivity contribution in [3.8, 4) is 0 Å². The van der Waals surface area contributed by atoms with E-state index in [1.807, 2.05) is 0 Å². The molecule has 6 nitrogen and oxygen atoms in total. The maximum atomic E-state index is 13.0. The lowest BCUT2D eigenvalue weighted by atomic mass is 9.83. The van der Waals surface area contributed by atoms with Gasteiger partial charge in [-0.3, -0.25) is 4.79 Å². The van der Waals surface area contributed by atoms with Crippen molar-refractivity contribution in [3.63, 3.8) is 0 Å². The van der Waals surface area contributed by atoms with Crippen LogP contribution in [0.25, 0.3) is 0 Å². The highest BCUT2D eigenvalue weighted by Gasteiger charge is 2.37. The zero-order valence-electron chi connectivity index (χ0n) is 17.7. The van der Waals surface area contributed by atoms with Gasteiger partial charge < -0.3 is 21.3 Å². The normalized spacial score (nSPS) is 22.7. The maximum Gasteiger partial charge on any atom is 0.416 e. The van der Waals surface area contributed by atoms with Crippen LogP contribution in [0.2, 0.25) is 0 Å². The van der Waals surface area contributed by atoms with E-state index < -0.39 is 35.2 Å². The first-order chi connectivity index (χ1) is 15.3. The average molecular weight is 480 g/mol. The molecule has 2 fully saturated rings. The van der Waals surface area contributed by atoms with Crippen LogP contribution < -0.4 is 16.4 Å². The molecule has 0 bridgehead atoms. The Bertz CT molecular complexity index is 833. The Balaban J connectivity index is 1.57. The third kappa shape index (κ3) is 6.52. The molecule has 12 heteroatoms. The predicted molar refractivity (Wildman–Crippen MR) is 108 cm³/mol. The molecule has 184 valence electrons. The maximum absolute atomic E-state index is 13.0. The van der Waals surface area contributed by atoms with Crippen molar-refractivity contribution in [2.24, 2.45) is 11.7 Å². The van der Waals surface area contributed by atoms with E-state index in [9.17, 15) is 35.9 Å². The van der Waals surface area contributed by atoms with Crippen LogP contribution in [0.15, 0.2) is 18.2 Å². The second kappa shape index (κ2) is 9.78. The molecule has 3 rings (SSSR count). The second-order valence-corrected chi connectivity index (χ2v) is 8.55. The Morgan fingerprint density at radius 3 is 1.94 bits per heavy atom. The van der Waals surface area contributed by atoms with Gasteiger partial charge in [-0.15, -0.1) is 0 Å². The molecule has 1 aromatic carbocycles. The number of hydrogen-bond donors (Lipinski definition) is 3. The van der Waals surface area contributed by atoms with Crippen molar-refractivity contribution in [1.29, 1.82) is 0 Å². The molecule has 0 unspecified atom stereocenters.